The highest BCUT2D eigenvalue weighted by Gasteiger charge is 2.49. The molecule has 198 valence electrons. The molecule has 28 heteroatoms. The highest BCUT2D eigenvalue weighted by molar-refractivity contribution is 4.88. The van der Waals surface area contributed by atoms with Crippen LogP contribution in [0.15, 0.2) is 0 Å². The fourth-order valence-electron chi connectivity index (χ4n) is 2.14. The molecule has 0 aliphatic carbocycles. The molecule has 0 rings (SSSR count). The van der Waals surface area contributed by atoms with E-state index in [1.165, 1.54) is 0 Å². The lowest BCUT2D eigenvalue weighted by Crippen LogP contribution is -2.58. The molecule has 0 aromatic carbocycles. The second kappa shape index (κ2) is 13.7. The zero-order chi connectivity index (χ0) is 27.3. The normalized spacial score (nSPS) is 13.6. The van der Waals surface area contributed by atoms with Gasteiger partial charge in [0.1, 0.15) is 13.2 Å². The SMILES string of the molecule is O=[N+]([O-])OC[C@@H](O[N+](=O)[O-])[C@@H](O[N+](=O)[O-])C(O[N+](=O)[O-])[C@H](O[N+](=O)[O-])[C@@H](CO[N+](=O)[O-])O[N+](=O)[O-]. The highest BCUT2D eigenvalue weighted by Crippen LogP contribution is 2.23. The van der Waals surface area contributed by atoms with Crippen LogP contribution in [0.1, 0.15) is 0 Å². The molecule has 28 nitrogen and oxygen atoms in total. The minimum absolute atomic E-state index is 1.63. The Hall–Kier alpha value is -5.60. The van der Waals surface area contributed by atoms with E-state index in [4.69, 9.17) is 0 Å². The fraction of sp³-hybridized carbons (Fsp3) is 1.00. The quantitative estimate of drug-likeness (QED) is 0.115. The molecule has 0 unspecified atom stereocenters. The molecule has 0 radical (unpaired) electrons. The largest absolute Gasteiger partial charge is 0.311 e. The van der Waals surface area contributed by atoms with Gasteiger partial charge in [0.15, 0.2) is 30.5 Å². The number of nitrogens with zero attached hydrogens (tertiary/aromatic N) is 7. The van der Waals surface area contributed by atoms with Gasteiger partial charge in [-0.3, -0.25) is 0 Å². The summed E-state index contributed by atoms with van der Waals surface area (Å²) in [6, 6.07) is 0. The third kappa shape index (κ3) is 12.1. The lowest BCUT2D eigenvalue weighted by molar-refractivity contribution is -0.839. The van der Waals surface area contributed by atoms with Crippen molar-refractivity contribution in [3.63, 3.8) is 0 Å². The minimum Gasteiger partial charge on any atom is -0.311 e. The molecule has 0 aliphatic rings. The zero-order valence-electron chi connectivity index (χ0n) is 16.0. The predicted octanol–water partition coefficient (Wildman–Crippen LogP) is -2.71. The Bertz CT molecular complexity index is 760. The van der Waals surface area contributed by atoms with Gasteiger partial charge < -0.3 is 33.9 Å². The summed E-state index contributed by atoms with van der Waals surface area (Å²) in [6.07, 6.45) is -14.7. The van der Waals surface area contributed by atoms with E-state index in [0.29, 0.717) is 0 Å². The Morgan fingerprint density at radius 3 is 0.886 bits per heavy atom. The molecular weight excluding hydrogens is 518 g/mol. The van der Waals surface area contributed by atoms with Gasteiger partial charge in [-0.1, -0.05) is 0 Å². The average Bonchev–Trinajstić information content (AvgIpc) is 2.68. The van der Waals surface area contributed by atoms with Gasteiger partial charge in [-0.25, -0.2) is 0 Å². The summed E-state index contributed by atoms with van der Waals surface area (Å²) in [5.74, 6) is 0. The van der Waals surface area contributed by atoms with Crippen LogP contribution in [-0.2, 0) is 33.9 Å². The van der Waals surface area contributed by atoms with E-state index >= 15 is 0 Å². The van der Waals surface area contributed by atoms with Crippen LogP contribution in [0.2, 0.25) is 0 Å². The van der Waals surface area contributed by atoms with Crippen molar-refractivity contribution >= 4 is 0 Å². The van der Waals surface area contributed by atoms with Gasteiger partial charge in [0.25, 0.3) is 35.6 Å². The summed E-state index contributed by atoms with van der Waals surface area (Å²) in [6.45, 7) is -3.39. The smallest absolute Gasteiger partial charge is 0.294 e. The molecule has 0 bridgehead atoms. The summed E-state index contributed by atoms with van der Waals surface area (Å²) in [5, 5.41) is 62.5. The number of hydrogen-bond donors (Lipinski definition) is 0. The molecular formula is C7H9N7O21. The lowest BCUT2D eigenvalue weighted by atomic mass is 9.99. The van der Waals surface area contributed by atoms with Crippen LogP contribution in [0.4, 0.5) is 0 Å². The first kappa shape index (κ1) is 29.4. The zero-order valence-corrected chi connectivity index (χ0v) is 16.0. The van der Waals surface area contributed by atoms with E-state index in [-0.39, 0.29) is 0 Å². The van der Waals surface area contributed by atoms with Crippen LogP contribution in [0, 0.1) is 70.8 Å². The van der Waals surface area contributed by atoms with Crippen LogP contribution in [0.5, 0.6) is 0 Å². The van der Waals surface area contributed by atoms with Gasteiger partial charge in [0.05, 0.1) is 0 Å². The van der Waals surface area contributed by atoms with Gasteiger partial charge in [0.2, 0.25) is 0 Å². The topological polar surface area (TPSA) is 367 Å². The van der Waals surface area contributed by atoms with Crippen LogP contribution in [-0.4, -0.2) is 79.3 Å². The second-order valence-electron chi connectivity index (χ2n) is 5.15. The van der Waals surface area contributed by atoms with Crippen LogP contribution in [0.3, 0.4) is 0 Å². The molecule has 0 amide bonds. The molecule has 4 atom stereocenters. The van der Waals surface area contributed by atoms with Crippen molar-refractivity contribution in [3.8, 4) is 0 Å². The fourth-order valence-corrected chi connectivity index (χ4v) is 2.14. The van der Waals surface area contributed by atoms with E-state index in [0.717, 1.165) is 0 Å². The third-order valence-electron chi connectivity index (χ3n) is 3.14. The summed E-state index contributed by atoms with van der Waals surface area (Å²) < 4.78 is 0. The van der Waals surface area contributed by atoms with Gasteiger partial charge in [-0.05, 0) is 0 Å². The van der Waals surface area contributed by atoms with E-state index < -0.39 is 79.3 Å². The maximum atomic E-state index is 10.9. The molecule has 0 aliphatic heterocycles. The lowest BCUT2D eigenvalue weighted by Gasteiger charge is -2.34. The van der Waals surface area contributed by atoms with Gasteiger partial charge in [-0.2, -0.15) is 0 Å². The molecule has 0 aromatic heterocycles. The molecule has 0 saturated carbocycles. The summed E-state index contributed by atoms with van der Waals surface area (Å²) in [7, 11) is 0. The van der Waals surface area contributed by atoms with Gasteiger partial charge in [-0.15, -0.1) is 70.8 Å². The summed E-state index contributed by atoms with van der Waals surface area (Å²) >= 11 is 0. The average molecular weight is 527 g/mol. The molecule has 0 saturated heterocycles. The van der Waals surface area contributed by atoms with Crippen LogP contribution in [0.25, 0.3) is 0 Å². The summed E-state index contributed by atoms with van der Waals surface area (Å²) in [4.78, 5) is 102. The number of rotatable bonds is 20. The molecule has 0 fully saturated rings. The maximum absolute atomic E-state index is 10.9. The van der Waals surface area contributed by atoms with E-state index in [1.54, 1.807) is 0 Å². The first-order chi connectivity index (χ1) is 16.1. The summed E-state index contributed by atoms with van der Waals surface area (Å²) in [5.41, 5.74) is 0. The Balaban J connectivity index is 6.75. The molecule has 0 N–H and O–H groups in total. The molecule has 0 spiro atoms. The highest BCUT2D eigenvalue weighted by atomic mass is 17.0. The Morgan fingerprint density at radius 1 is 0.400 bits per heavy atom. The van der Waals surface area contributed by atoms with Crippen molar-refractivity contribution in [1.29, 1.82) is 0 Å². The molecule has 0 aromatic rings. The standard InChI is InChI=1S/C7H9N7O21/c15-8(16)29-1-3(31-10(19)20)5(33-12(23)24)7(35-14(27)28)6(34-13(25)26)4(32-11(21)22)2-30-9(17)18/h3-7H,1-2H2/t3-,4-,5-,6-/m1/s1. The van der Waals surface area contributed by atoms with Crippen molar-refractivity contribution in [1.82, 2.24) is 0 Å². The van der Waals surface area contributed by atoms with Crippen molar-refractivity contribution in [2.45, 2.75) is 30.5 Å². The Morgan fingerprint density at radius 2 is 0.657 bits per heavy atom. The molecule has 35 heavy (non-hydrogen) atoms. The maximum Gasteiger partial charge on any atom is 0.294 e. The van der Waals surface area contributed by atoms with E-state index in [2.05, 4.69) is 33.9 Å². The van der Waals surface area contributed by atoms with Crippen molar-refractivity contribution in [2.24, 2.45) is 0 Å². The second-order valence-corrected chi connectivity index (χ2v) is 5.15. The first-order valence-electron chi connectivity index (χ1n) is 7.74. The van der Waals surface area contributed by atoms with E-state index in [1.807, 2.05) is 0 Å². The van der Waals surface area contributed by atoms with Gasteiger partial charge >= 0.3 is 0 Å². The van der Waals surface area contributed by atoms with Crippen LogP contribution >= 0.6 is 0 Å². The molecule has 0 heterocycles. The third-order valence-corrected chi connectivity index (χ3v) is 3.14. The minimum atomic E-state index is -3.11. The van der Waals surface area contributed by atoms with Crippen molar-refractivity contribution in [2.75, 3.05) is 13.2 Å². The van der Waals surface area contributed by atoms with Crippen molar-refractivity contribution in [3.05, 3.63) is 70.8 Å². The van der Waals surface area contributed by atoms with Gasteiger partial charge in [0, 0.05) is 0 Å². The van der Waals surface area contributed by atoms with E-state index in [9.17, 15) is 70.8 Å². The van der Waals surface area contributed by atoms with Crippen LogP contribution < -0.4 is 0 Å². The predicted molar refractivity (Wildman–Crippen MR) is 85.2 cm³/mol. The Labute approximate surface area is 185 Å². The first-order valence-corrected chi connectivity index (χ1v) is 7.74. The number of hydrogen-bond acceptors (Lipinski definition) is 21. The van der Waals surface area contributed by atoms with Crippen molar-refractivity contribution < 1.29 is 69.5 Å². The monoisotopic (exact) mass is 527 g/mol. The Kier molecular flexibility index (Phi) is 11.5.